The van der Waals surface area contributed by atoms with Crippen LogP contribution in [0.5, 0.6) is 0 Å². The number of rotatable bonds is 4. The zero-order chi connectivity index (χ0) is 23.8. The van der Waals surface area contributed by atoms with Crippen molar-refractivity contribution in [2.24, 2.45) is 5.92 Å². The van der Waals surface area contributed by atoms with Gasteiger partial charge in [0, 0.05) is 44.0 Å². The number of pyridine rings is 1. The van der Waals surface area contributed by atoms with E-state index in [4.69, 9.17) is 29.0 Å². The molecule has 0 spiro atoms. The lowest BCUT2D eigenvalue weighted by Gasteiger charge is -2.37. The Bertz CT molecular complexity index is 1240. The van der Waals surface area contributed by atoms with Gasteiger partial charge in [-0.2, -0.15) is 0 Å². The number of halogens is 2. The lowest BCUT2D eigenvalue weighted by Crippen LogP contribution is -2.46. The van der Waals surface area contributed by atoms with Crippen molar-refractivity contribution in [2.75, 3.05) is 32.0 Å². The lowest BCUT2D eigenvalue weighted by atomic mass is 9.93. The Morgan fingerprint density at radius 3 is 2.24 bits per heavy atom. The number of hydrogen-bond donors (Lipinski definition) is 1. The third-order valence-corrected chi connectivity index (χ3v) is 7.90. The van der Waals surface area contributed by atoms with Gasteiger partial charge >= 0.3 is 5.69 Å². The van der Waals surface area contributed by atoms with Crippen LogP contribution in [0.2, 0.25) is 10.0 Å². The number of imidazole rings is 1. The van der Waals surface area contributed by atoms with Gasteiger partial charge in [-0.25, -0.2) is 9.47 Å². The maximum Gasteiger partial charge on any atom is 0.347 e. The molecule has 0 radical (unpaired) electrons. The number of nitrogens with two attached hydrogens (primary N) is 1. The number of nitrogens with zero attached hydrogens (tertiary/aromatic N) is 5. The highest BCUT2D eigenvalue weighted by molar-refractivity contribution is 6.42. The second-order valence-electron chi connectivity index (χ2n) is 9.24. The number of fused-ring (bicyclic) bond motifs is 1. The summed E-state index contributed by atoms with van der Waals surface area (Å²) in [6.07, 6.45) is 6.79. The van der Waals surface area contributed by atoms with E-state index in [0.717, 1.165) is 37.2 Å². The van der Waals surface area contributed by atoms with Gasteiger partial charge in [-0.05, 0) is 68.6 Å². The molecule has 2 aliphatic rings. The zero-order valence-electron chi connectivity index (χ0n) is 18.9. The maximum absolute atomic E-state index is 13.2. The molecule has 0 bridgehead atoms. The van der Waals surface area contributed by atoms with E-state index in [2.05, 4.69) is 9.88 Å². The molecule has 0 aliphatic carbocycles. The van der Waals surface area contributed by atoms with Crippen LogP contribution < -0.4 is 11.5 Å². The first kappa shape index (κ1) is 23.2. The molecule has 2 aliphatic heterocycles. The van der Waals surface area contributed by atoms with E-state index < -0.39 is 0 Å². The van der Waals surface area contributed by atoms with Crippen LogP contribution in [0.4, 0.5) is 0 Å². The lowest BCUT2D eigenvalue weighted by molar-refractivity contribution is -0.138. The molecule has 4 heterocycles. The van der Waals surface area contributed by atoms with Gasteiger partial charge in [-0.15, -0.1) is 0 Å². The summed E-state index contributed by atoms with van der Waals surface area (Å²) in [5, 5.41) is 0.745. The van der Waals surface area contributed by atoms with E-state index in [1.807, 2.05) is 29.4 Å². The standard InChI is InChI=1S/C24H28Cl2N6O2/c25-19-13-21-22(14-20(19)26)32(27)24(34)31(21)18-5-11-30(12-6-18)23(33)17-3-9-29(10-4-17)15-16-1-7-28-8-2-16/h1-2,7-8,13-14,17-18H,3-6,9-12,15,27H2. The van der Waals surface area contributed by atoms with E-state index in [1.165, 1.54) is 5.56 Å². The van der Waals surface area contributed by atoms with Crippen LogP contribution in [0, 0.1) is 5.92 Å². The van der Waals surface area contributed by atoms with Crippen LogP contribution in [0.1, 0.15) is 37.3 Å². The average molecular weight is 503 g/mol. The zero-order valence-corrected chi connectivity index (χ0v) is 20.4. The van der Waals surface area contributed by atoms with Crippen LogP contribution >= 0.6 is 23.2 Å². The third kappa shape index (κ3) is 4.42. The van der Waals surface area contributed by atoms with Gasteiger partial charge in [0.1, 0.15) is 0 Å². The van der Waals surface area contributed by atoms with Gasteiger partial charge in [0.25, 0.3) is 0 Å². The molecule has 180 valence electrons. The fourth-order valence-electron chi connectivity index (χ4n) is 5.27. The summed E-state index contributed by atoms with van der Waals surface area (Å²) in [5.41, 5.74) is 2.18. The molecule has 2 aromatic heterocycles. The molecule has 1 amide bonds. The summed E-state index contributed by atoms with van der Waals surface area (Å²) in [7, 11) is 0. The van der Waals surface area contributed by atoms with Crippen LogP contribution in [0.3, 0.4) is 0 Å². The molecule has 1 aromatic carbocycles. The first-order chi connectivity index (χ1) is 16.4. The normalized spacial score (nSPS) is 18.6. The Hall–Kier alpha value is -2.55. The largest absolute Gasteiger partial charge is 0.347 e. The molecular weight excluding hydrogens is 475 g/mol. The van der Waals surface area contributed by atoms with Crippen molar-refractivity contribution in [2.45, 2.75) is 38.3 Å². The summed E-state index contributed by atoms with van der Waals surface area (Å²) in [6, 6.07) is 7.36. The van der Waals surface area contributed by atoms with E-state index in [0.29, 0.717) is 47.0 Å². The minimum atomic E-state index is -0.292. The molecule has 3 aromatic rings. The number of piperidine rings is 2. The molecule has 0 unspecified atom stereocenters. The van der Waals surface area contributed by atoms with Gasteiger partial charge in [0.2, 0.25) is 5.91 Å². The number of benzene rings is 1. The first-order valence-corrected chi connectivity index (χ1v) is 12.4. The molecule has 8 nitrogen and oxygen atoms in total. The fraction of sp³-hybridized carbons (Fsp3) is 0.458. The molecule has 2 saturated heterocycles. The fourth-order valence-corrected chi connectivity index (χ4v) is 5.59. The minimum Gasteiger partial charge on any atom is -0.342 e. The molecule has 0 atom stereocenters. The summed E-state index contributed by atoms with van der Waals surface area (Å²) < 4.78 is 2.83. The molecule has 5 rings (SSSR count). The van der Waals surface area contributed by atoms with E-state index in [9.17, 15) is 9.59 Å². The van der Waals surface area contributed by atoms with Gasteiger partial charge in [0.05, 0.1) is 21.1 Å². The topological polar surface area (TPSA) is 89.4 Å². The second kappa shape index (κ2) is 9.60. The van der Waals surface area contributed by atoms with Crippen molar-refractivity contribution in [1.82, 2.24) is 24.0 Å². The van der Waals surface area contributed by atoms with Crippen LogP contribution in [0.25, 0.3) is 11.0 Å². The van der Waals surface area contributed by atoms with E-state index in [-0.39, 0.29) is 23.6 Å². The monoisotopic (exact) mass is 502 g/mol. The predicted molar refractivity (Wildman–Crippen MR) is 133 cm³/mol. The van der Waals surface area contributed by atoms with Crippen molar-refractivity contribution >= 4 is 40.1 Å². The molecule has 2 fully saturated rings. The Morgan fingerprint density at radius 1 is 0.971 bits per heavy atom. The number of aromatic nitrogens is 3. The van der Waals surface area contributed by atoms with E-state index >= 15 is 0 Å². The van der Waals surface area contributed by atoms with Crippen molar-refractivity contribution in [3.8, 4) is 0 Å². The summed E-state index contributed by atoms with van der Waals surface area (Å²) in [4.78, 5) is 34.5. The number of hydrogen-bond acceptors (Lipinski definition) is 5. The number of carbonyl (C=O) groups is 1. The molecule has 34 heavy (non-hydrogen) atoms. The SMILES string of the molecule is Nn1c(=O)n(C2CCN(C(=O)C3CCN(Cc4ccncc4)CC3)CC2)c2cc(Cl)c(Cl)cc21. The number of likely N-dealkylation sites (tertiary alicyclic amines) is 2. The van der Waals surface area contributed by atoms with Crippen LogP contribution in [-0.2, 0) is 11.3 Å². The molecule has 0 saturated carbocycles. The second-order valence-corrected chi connectivity index (χ2v) is 10.1. The molecular formula is C24H28Cl2N6O2. The van der Waals surface area contributed by atoms with Crippen molar-refractivity contribution < 1.29 is 4.79 Å². The predicted octanol–water partition coefficient (Wildman–Crippen LogP) is 3.29. The number of carbonyl (C=O) groups excluding carboxylic acids is 1. The van der Waals surface area contributed by atoms with Crippen molar-refractivity contribution in [3.63, 3.8) is 0 Å². The smallest absolute Gasteiger partial charge is 0.342 e. The minimum absolute atomic E-state index is 0.0386. The summed E-state index contributed by atoms with van der Waals surface area (Å²) >= 11 is 12.3. The van der Waals surface area contributed by atoms with Crippen molar-refractivity contribution in [3.05, 3.63) is 62.8 Å². The Kier molecular flexibility index (Phi) is 6.55. The van der Waals surface area contributed by atoms with E-state index in [1.54, 1.807) is 16.7 Å². The third-order valence-electron chi connectivity index (χ3n) is 7.18. The Labute approximate surface area is 207 Å². The highest BCUT2D eigenvalue weighted by Crippen LogP contribution is 2.31. The first-order valence-electron chi connectivity index (χ1n) is 11.7. The van der Waals surface area contributed by atoms with Gasteiger partial charge in [-0.1, -0.05) is 23.2 Å². The number of amides is 1. The summed E-state index contributed by atoms with van der Waals surface area (Å²) in [6.45, 7) is 4.00. The molecule has 2 N–H and O–H groups in total. The maximum atomic E-state index is 13.2. The van der Waals surface area contributed by atoms with Crippen molar-refractivity contribution in [1.29, 1.82) is 0 Å². The van der Waals surface area contributed by atoms with Crippen LogP contribution in [0.15, 0.2) is 41.5 Å². The van der Waals surface area contributed by atoms with Crippen LogP contribution in [-0.4, -0.2) is 56.1 Å². The highest BCUT2D eigenvalue weighted by Gasteiger charge is 2.32. The number of nitrogen functional groups attached to an aromatic ring is 1. The Morgan fingerprint density at radius 2 is 1.59 bits per heavy atom. The highest BCUT2D eigenvalue weighted by atomic mass is 35.5. The van der Waals surface area contributed by atoms with Gasteiger partial charge in [-0.3, -0.25) is 19.2 Å². The Balaban J connectivity index is 1.20. The molecule has 10 heteroatoms. The summed E-state index contributed by atoms with van der Waals surface area (Å²) in [5.74, 6) is 6.32. The van der Waals surface area contributed by atoms with Gasteiger partial charge < -0.3 is 10.7 Å². The quantitative estimate of drug-likeness (QED) is 0.552. The average Bonchev–Trinajstić information content (AvgIpc) is 3.09. The van der Waals surface area contributed by atoms with Gasteiger partial charge in [0.15, 0.2) is 0 Å².